The molecule has 0 bridgehead atoms. The normalized spacial score (nSPS) is 11.6. The van der Waals surface area contributed by atoms with E-state index in [1.807, 2.05) is 59.2 Å². The summed E-state index contributed by atoms with van der Waals surface area (Å²) in [6.07, 6.45) is 0. The highest BCUT2D eigenvalue weighted by molar-refractivity contribution is 6.12. The van der Waals surface area contributed by atoms with E-state index in [0.717, 1.165) is 16.7 Å². The molecular formula is C21H17NO4. The van der Waals surface area contributed by atoms with Crippen molar-refractivity contribution in [3.63, 3.8) is 0 Å². The van der Waals surface area contributed by atoms with Gasteiger partial charge in [0.05, 0.1) is 25.6 Å². The standard InChI is InChI=1S/C21H17NO4/c1-25-20(23)16-17(21(24)26-2)19-15-11-7-6-10-14(15)12-22(19)18(16)13-8-4-3-5-9-13/h3-11H,12H2,1-2H3. The summed E-state index contributed by atoms with van der Waals surface area (Å²) in [4.78, 5) is 25.2. The number of ether oxygens (including phenoxy) is 2. The van der Waals surface area contributed by atoms with Crippen molar-refractivity contribution in [2.75, 3.05) is 14.2 Å². The highest BCUT2D eigenvalue weighted by Gasteiger charge is 2.36. The molecule has 1 aliphatic rings. The van der Waals surface area contributed by atoms with Gasteiger partial charge in [0.1, 0.15) is 11.1 Å². The lowest BCUT2D eigenvalue weighted by molar-refractivity contribution is 0.0558. The van der Waals surface area contributed by atoms with Crippen LogP contribution in [0.3, 0.4) is 0 Å². The van der Waals surface area contributed by atoms with E-state index in [4.69, 9.17) is 9.47 Å². The van der Waals surface area contributed by atoms with Crippen molar-refractivity contribution in [1.29, 1.82) is 0 Å². The SMILES string of the molecule is COC(=O)c1c(C(=O)OC)c2n(c1-c1ccccc1)Cc1ccccc1-2. The molecule has 0 aliphatic carbocycles. The van der Waals surface area contributed by atoms with Gasteiger partial charge in [0.25, 0.3) is 0 Å². The van der Waals surface area contributed by atoms with Crippen LogP contribution in [0.2, 0.25) is 0 Å². The summed E-state index contributed by atoms with van der Waals surface area (Å²) in [6, 6.07) is 17.4. The fourth-order valence-electron chi connectivity index (χ4n) is 3.61. The Balaban J connectivity index is 2.12. The first-order valence-corrected chi connectivity index (χ1v) is 8.24. The highest BCUT2D eigenvalue weighted by Crippen LogP contribution is 2.43. The number of nitrogens with zero attached hydrogens (tertiary/aromatic N) is 1. The van der Waals surface area contributed by atoms with Crippen LogP contribution in [0.15, 0.2) is 54.6 Å². The van der Waals surface area contributed by atoms with Gasteiger partial charge >= 0.3 is 11.9 Å². The zero-order chi connectivity index (χ0) is 18.3. The highest BCUT2D eigenvalue weighted by atomic mass is 16.5. The van der Waals surface area contributed by atoms with Crippen LogP contribution in [0, 0.1) is 0 Å². The van der Waals surface area contributed by atoms with Crippen LogP contribution in [0.5, 0.6) is 0 Å². The molecule has 0 saturated heterocycles. The van der Waals surface area contributed by atoms with Crippen molar-refractivity contribution in [3.05, 3.63) is 71.3 Å². The Bertz CT molecular complexity index is 1000. The zero-order valence-electron chi connectivity index (χ0n) is 14.5. The van der Waals surface area contributed by atoms with Crippen LogP contribution in [0.4, 0.5) is 0 Å². The molecule has 0 N–H and O–H groups in total. The van der Waals surface area contributed by atoms with E-state index in [0.29, 0.717) is 17.9 Å². The van der Waals surface area contributed by atoms with Crippen molar-refractivity contribution in [1.82, 2.24) is 4.57 Å². The summed E-state index contributed by atoms with van der Waals surface area (Å²) in [7, 11) is 2.63. The molecule has 2 aromatic carbocycles. The van der Waals surface area contributed by atoms with Gasteiger partial charge in [-0.3, -0.25) is 0 Å². The van der Waals surface area contributed by atoms with Gasteiger partial charge in [-0.05, 0) is 11.1 Å². The molecular weight excluding hydrogens is 330 g/mol. The van der Waals surface area contributed by atoms with Gasteiger partial charge < -0.3 is 14.0 Å². The second-order valence-electron chi connectivity index (χ2n) is 6.04. The van der Waals surface area contributed by atoms with E-state index >= 15 is 0 Å². The van der Waals surface area contributed by atoms with Gasteiger partial charge in [-0.15, -0.1) is 0 Å². The maximum absolute atomic E-state index is 12.6. The van der Waals surface area contributed by atoms with E-state index in [9.17, 15) is 9.59 Å². The number of carbonyl (C=O) groups is 2. The molecule has 0 spiro atoms. The molecule has 5 heteroatoms. The van der Waals surface area contributed by atoms with E-state index < -0.39 is 11.9 Å². The van der Waals surface area contributed by atoms with Gasteiger partial charge in [0.15, 0.2) is 0 Å². The molecule has 1 aromatic heterocycles. The van der Waals surface area contributed by atoms with E-state index in [1.54, 1.807) is 0 Å². The summed E-state index contributed by atoms with van der Waals surface area (Å²) in [5.74, 6) is -1.10. The number of carbonyl (C=O) groups excluding carboxylic acids is 2. The van der Waals surface area contributed by atoms with Crippen LogP contribution in [0.25, 0.3) is 22.5 Å². The quantitative estimate of drug-likeness (QED) is 0.530. The van der Waals surface area contributed by atoms with Crippen LogP contribution in [-0.2, 0) is 16.0 Å². The van der Waals surface area contributed by atoms with Crippen LogP contribution >= 0.6 is 0 Å². The molecule has 2 heterocycles. The summed E-state index contributed by atoms with van der Waals surface area (Å²) < 4.78 is 12.0. The molecule has 0 atom stereocenters. The Morgan fingerprint density at radius 3 is 2.04 bits per heavy atom. The third-order valence-electron chi connectivity index (χ3n) is 4.69. The molecule has 4 rings (SSSR count). The van der Waals surface area contributed by atoms with Crippen molar-refractivity contribution in [2.24, 2.45) is 0 Å². The Labute approximate surface area is 150 Å². The second kappa shape index (κ2) is 6.19. The monoisotopic (exact) mass is 347 g/mol. The molecule has 130 valence electrons. The summed E-state index contributed by atoms with van der Waals surface area (Å²) >= 11 is 0. The average Bonchev–Trinajstić information content (AvgIpc) is 3.21. The zero-order valence-corrected chi connectivity index (χ0v) is 14.5. The Kier molecular flexibility index (Phi) is 3.84. The number of hydrogen-bond donors (Lipinski definition) is 0. The van der Waals surface area contributed by atoms with Crippen molar-refractivity contribution in [2.45, 2.75) is 6.54 Å². The predicted octanol–water partition coefficient (Wildman–Crippen LogP) is 3.76. The Morgan fingerprint density at radius 1 is 0.808 bits per heavy atom. The topological polar surface area (TPSA) is 57.5 Å². The van der Waals surface area contributed by atoms with Crippen molar-refractivity contribution in [3.8, 4) is 22.5 Å². The van der Waals surface area contributed by atoms with Crippen LogP contribution in [0.1, 0.15) is 26.3 Å². The minimum atomic E-state index is -0.552. The van der Waals surface area contributed by atoms with Crippen LogP contribution < -0.4 is 0 Å². The van der Waals surface area contributed by atoms with E-state index in [2.05, 4.69) is 0 Å². The molecule has 0 unspecified atom stereocenters. The van der Waals surface area contributed by atoms with Crippen molar-refractivity contribution >= 4 is 11.9 Å². The number of aromatic nitrogens is 1. The maximum Gasteiger partial charge on any atom is 0.340 e. The largest absolute Gasteiger partial charge is 0.465 e. The van der Waals surface area contributed by atoms with Gasteiger partial charge in [-0.2, -0.15) is 0 Å². The molecule has 0 radical (unpaired) electrons. The van der Waals surface area contributed by atoms with Gasteiger partial charge in [-0.1, -0.05) is 54.6 Å². The minimum absolute atomic E-state index is 0.245. The summed E-state index contributed by atoms with van der Waals surface area (Å²) in [5, 5.41) is 0. The lowest BCUT2D eigenvalue weighted by atomic mass is 9.99. The fraction of sp³-hybridized carbons (Fsp3) is 0.143. The average molecular weight is 347 g/mol. The third kappa shape index (κ3) is 2.24. The molecule has 3 aromatic rings. The van der Waals surface area contributed by atoms with Gasteiger partial charge in [0, 0.05) is 12.1 Å². The van der Waals surface area contributed by atoms with Gasteiger partial charge in [0.2, 0.25) is 0 Å². The fourth-order valence-corrected chi connectivity index (χ4v) is 3.61. The molecule has 26 heavy (non-hydrogen) atoms. The Hall–Kier alpha value is -3.34. The first-order valence-electron chi connectivity index (χ1n) is 8.24. The summed E-state index contributed by atoms with van der Waals surface area (Å²) in [5.41, 5.74) is 4.74. The molecule has 0 amide bonds. The lowest BCUT2D eigenvalue weighted by Gasteiger charge is -2.09. The van der Waals surface area contributed by atoms with Crippen molar-refractivity contribution < 1.29 is 19.1 Å². The first-order chi connectivity index (χ1) is 12.7. The predicted molar refractivity (Wildman–Crippen MR) is 97.1 cm³/mol. The second-order valence-corrected chi connectivity index (χ2v) is 6.04. The molecule has 0 saturated carbocycles. The van der Waals surface area contributed by atoms with E-state index in [-0.39, 0.29) is 11.1 Å². The van der Waals surface area contributed by atoms with Crippen LogP contribution in [-0.4, -0.2) is 30.7 Å². The minimum Gasteiger partial charge on any atom is -0.465 e. The number of hydrogen-bond acceptors (Lipinski definition) is 4. The number of methoxy groups -OCH3 is 2. The smallest absolute Gasteiger partial charge is 0.340 e. The lowest BCUT2D eigenvalue weighted by Crippen LogP contribution is -2.11. The summed E-state index contributed by atoms with van der Waals surface area (Å²) in [6.45, 7) is 0.580. The van der Waals surface area contributed by atoms with E-state index in [1.165, 1.54) is 14.2 Å². The Morgan fingerprint density at radius 2 is 1.38 bits per heavy atom. The number of esters is 2. The molecule has 1 aliphatic heterocycles. The number of rotatable bonds is 3. The number of benzene rings is 2. The number of fused-ring (bicyclic) bond motifs is 3. The molecule has 5 nitrogen and oxygen atoms in total. The molecule has 0 fully saturated rings. The van der Waals surface area contributed by atoms with Gasteiger partial charge in [-0.25, -0.2) is 9.59 Å². The first kappa shape index (κ1) is 16.1. The third-order valence-corrected chi connectivity index (χ3v) is 4.69. The maximum atomic E-state index is 12.6.